The van der Waals surface area contributed by atoms with Gasteiger partial charge < -0.3 is 5.11 Å². The minimum absolute atomic E-state index is 0.0180. The molecule has 0 aromatic heterocycles. The van der Waals surface area contributed by atoms with Gasteiger partial charge in [0.2, 0.25) is 0 Å². The third-order valence-corrected chi connectivity index (χ3v) is 3.69. The summed E-state index contributed by atoms with van der Waals surface area (Å²) in [6.45, 7) is 3.60. The van der Waals surface area contributed by atoms with E-state index in [0.717, 1.165) is 22.9 Å². The fraction of sp³-hybridized carbons (Fsp3) is 0. The maximum atomic E-state index is 13.7. The quantitative estimate of drug-likeness (QED) is 0.634. The van der Waals surface area contributed by atoms with Crippen molar-refractivity contribution in [2.45, 2.75) is 0 Å². The summed E-state index contributed by atoms with van der Waals surface area (Å²) < 4.78 is 26.6. The van der Waals surface area contributed by atoms with Crippen molar-refractivity contribution in [1.29, 1.82) is 0 Å². The van der Waals surface area contributed by atoms with Gasteiger partial charge in [-0.25, -0.2) is 8.78 Å². The minimum Gasteiger partial charge on any atom is -0.507 e. The summed E-state index contributed by atoms with van der Waals surface area (Å²) in [7, 11) is 0. The van der Waals surface area contributed by atoms with E-state index in [1.165, 1.54) is 12.1 Å². The second-order valence-electron chi connectivity index (χ2n) is 5.40. The normalized spacial score (nSPS) is 10.5. The summed E-state index contributed by atoms with van der Waals surface area (Å²) in [4.78, 5) is 12.3. The van der Waals surface area contributed by atoms with E-state index < -0.39 is 17.5 Å². The Bertz CT molecular complexity index is 986. The van der Waals surface area contributed by atoms with Gasteiger partial charge >= 0.3 is 0 Å². The highest BCUT2D eigenvalue weighted by molar-refractivity contribution is 6.01. The van der Waals surface area contributed by atoms with Gasteiger partial charge in [0.25, 0.3) is 5.91 Å². The summed E-state index contributed by atoms with van der Waals surface area (Å²) in [5.74, 6) is -2.32. The van der Waals surface area contributed by atoms with Crippen LogP contribution in [0.2, 0.25) is 0 Å². The summed E-state index contributed by atoms with van der Waals surface area (Å²) in [6.07, 6.45) is 0. The number of carbonyl (C=O) groups is 1. The Kier molecular flexibility index (Phi) is 4.35. The predicted octanol–water partition coefficient (Wildman–Crippen LogP) is 3.73. The number of hydrogen-bond acceptors (Lipinski definition) is 3. The monoisotopic (exact) mass is 340 g/mol. The van der Waals surface area contributed by atoms with Crippen molar-refractivity contribution in [3.63, 3.8) is 0 Å². The fourth-order valence-electron chi connectivity index (χ4n) is 2.41. The second kappa shape index (κ2) is 6.60. The highest BCUT2D eigenvalue weighted by Crippen LogP contribution is 2.25. The number of nitrogens with one attached hydrogen (secondary N) is 2. The van der Waals surface area contributed by atoms with Crippen LogP contribution in [0, 0.1) is 11.6 Å². The molecule has 0 fully saturated rings. The summed E-state index contributed by atoms with van der Waals surface area (Å²) in [5, 5.41) is 11.6. The molecule has 3 aromatic rings. The van der Waals surface area contributed by atoms with Gasteiger partial charge in [0.15, 0.2) is 0 Å². The van der Waals surface area contributed by atoms with Crippen LogP contribution in [0.25, 0.3) is 16.5 Å². The Hall–Kier alpha value is -3.41. The molecule has 0 heterocycles. The molecule has 0 saturated heterocycles. The largest absolute Gasteiger partial charge is 0.507 e. The van der Waals surface area contributed by atoms with E-state index in [9.17, 15) is 18.7 Å². The highest BCUT2D eigenvalue weighted by Gasteiger charge is 2.13. The molecule has 126 valence electrons. The topological polar surface area (TPSA) is 61.4 Å². The first kappa shape index (κ1) is 16.4. The van der Waals surface area contributed by atoms with E-state index in [1.807, 2.05) is 24.3 Å². The Labute approximate surface area is 142 Å². The number of rotatable bonds is 4. The first-order valence-corrected chi connectivity index (χ1v) is 7.38. The Morgan fingerprint density at radius 3 is 2.28 bits per heavy atom. The van der Waals surface area contributed by atoms with Gasteiger partial charge in [-0.1, -0.05) is 30.8 Å². The zero-order chi connectivity index (χ0) is 18.0. The maximum Gasteiger partial charge on any atom is 0.273 e. The fourth-order valence-corrected chi connectivity index (χ4v) is 2.41. The van der Waals surface area contributed by atoms with Crippen molar-refractivity contribution < 1.29 is 18.7 Å². The molecule has 3 aromatic carbocycles. The Morgan fingerprint density at radius 1 is 0.920 bits per heavy atom. The van der Waals surface area contributed by atoms with Gasteiger partial charge in [-0.05, 0) is 35.0 Å². The molecule has 4 nitrogen and oxygen atoms in total. The summed E-state index contributed by atoms with van der Waals surface area (Å²) >= 11 is 0. The molecule has 0 spiro atoms. The van der Waals surface area contributed by atoms with Crippen LogP contribution in [0.5, 0.6) is 5.75 Å². The van der Waals surface area contributed by atoms with Crippen molar-refractivity contribution in [2.75, 3.05) is 0 Å². The van der Waals surface area contributed by atoms with Gasteiger partial charge in [0.1, 0.15) is 17.4 Å². The third-order valence-electron chi connectivity index (χ3n) is 3.69. The van der Waals surface area contributed by atoms with Crippen LogP contribution in [0.1, 0.15) is 15.9 Å². The molecule has 0 saturated carbocycles. The van der Waals surface area contributed by atoms with Crippen molar-refractivity contribution in [3.05, 3.63) is 83.9 Å². The van der Waals surface area contributed by atoms with Crippen LogP contribution in [-0.4, -0.2) is 11.0 Å². The number of fused-ring (bicyclic) bond motifs is 1. The number of hydrazine groups is 1. The number of carbonyl (C=O) groups excluding carboxylic acids is 1. The van der Waals surface area contributed by atoms with E-state index in [4.69, 9.17) is 0 Å². The minimum atomic E-state index is -0.805. The van der Waals surface area contributed by atoms with Gasteiger partial charge in [0.05, 0.1) is 11.3 Å². The van der Waals surface area contributed by atoms with Gasteiger partial charge in [-0.3, -0.25) is 15.6 Å². The van der Waals surface area contributed by atoms with Crippen molar-refractivity contribution in [2.24, 2.45) is 0 Å². The number of benzene rings is 3. The molecule has 1 amide bonds. The first-order chi connectivity index (χ1) is 12.0. The Morgan fingerprint density at radius 2 is 1.60 bits per heavy atom. The number of halogens is 2. The standard InChI is InChI=1S/C19H14F2N2O2/c1-11(15-7-6-14(20)10-17(15)21)22-23-19(25)16-8-12-4-2-3-5-13(12)9-18(16)24/h2-10,22,24H,1H2,(H,23,25). The number of amides is 1. The van der Waals surface area contributed by atoms with Crippen LogP contribution in [-0.2, 0) is 0 Å². The molecule has 3 N–H and O–H groups in total. The molecule has 25 heavy (non-hydrogen) atoms. The van der Waals surface area contributed by atoms with E-state index in [0.29, 0.717) is 0 Å². The number of phenols is 1. The van der Waals surface area contributed by atoms with Crippen LogP contribution in [0.15, 0.2) is 61.2 Å². The number of aromatic hydroxyl groups is 1. The first-order valence-electron chi connectivity index (χ1n) is 7.38. The zero-order valence-corrected chi connectivity index (χ0v) is 13.0. The van der Waals surface area contributed by atoms with E-state index in [-0.39, 0.29) is 22.6 Å². The zero-order valence-electron chi connectivity index (χ0n) is 13.0. The molecule has 0 atom stereocenters. The van der Waals surface area contributed by atoms with E-state index >= 15 is 0 Å². The molecule has 0 radical (unpaired) electrons. The van der Waals surface area contributed by atoms with Crippen LogP contribution < -0.4 is 10.9 Å². The van der Waals surface area contributed by atoms with Gasteiger partial charge in [-0.15, -0.1) is 0 Å². The van der Waals surface area contributed by atoms with Gasteiger partial charge in [-0.2, -0.15) is 0 Å². The van der Waals surface area contributed by atoms with Crippen molar-refractivity contribution >= 4 is 22.4 Å². The predicted molar refractivity (Wildman–Crippen MR) is 91.6 cm³/mol. The maximum absolute atomic E-state index is 13.7. The second-order valence-corrected chi connectivity index (χ2v) is 5.40. The average molecular weight is 340 g/mol. The van der Waals surface area contributed by atoms with Crippen LogP contribution in [0.3, 0.4) is 0 Å². The molecule has 0 aliphatic heterocycles. The molecule has 0 aliphatic rings. The molecule has 0 bridgehead atoms. The van der Waals surface area contributed by atoms with Crippen molar-refractivity contribution in [1.82, 2.24) is 10.9 Å². The van der Waals surface area contributed by atoms with Crippen LogP contribution in [0.4, 0.5) is 8.78 Å². The molecule has 6 heteroatoms. The lowest BCUT2D eigenvalue weighted by molar-refractivity contribution is 0.0940. The molecule has 0 unspecified atom stereocenters. The average Bonchev–Trinajstić information content (AvgIpc) is 2.58. The molecular formula is C19H14F2N2O2. The smallest absolute Gasteiger partial charge is 0.273 e. The lowest BCUT2D eigenvalue weighted by atomic mass is 10.1. The van der Waals surface area contributed by atoms with Crippen LogP contribution >= 0.6 is 0 Å². The molecule has 0 aliphatic carbocycles. The third kappa shape index (κ3) is 3.42. The lowest BCUT2D eigenvalue weighted by Gasteiger charge is -2.13. The summed E-state index contributed by atoms with van der Waals surface area (Å²) in [6, 6.07) is 13.3. The highest BCUT2D eigenvalue weighted by atomic mass is 19.1. The molecular weight excluding hydrogens is 326 g/mol. The van der Waals surface area contributed by atoms with Gasteiger partial charge in [0, 0.05) is 11.6 Å². The SMILES string of the molecule is C=C(NNC(=O)c1cc2ccccc2cc1O)c1ccc(F)cc1F. The Balaban J connectivity index is 1.76. The number of phenolic OH excluding ortho intramolecular Hbond substituents is 1. The van der Waals surface area contributed by atoms with E-state index in [1.54, 1.807) is 6.07 Å². The molecule has 3 rings (SSSR count). The van der Waals surface area contributed by atoms with Crippen molar-refractivity contribution in [3.8, 4) is 5.75 Å². The summed E-state index contributed by atoms with van der Waals surface area (Å²) in [5.41, 5.74) is 4.92. The number of hydrogen-bond donors (Lipinski definition) is 3. The van der Waals surface area contributed by atoms with E-state index in [2.05, 4.69) is 17.4 Å². The lowest BCUT2D eigenvalue weighted by Crippen LogP contribution is -2.36.